The van der Waals surface area contributed by atoms with Gasteiger partial charge in [-0.2, -0.15) is 0 Å². The second-order valence-electron chi connectivity index (χ2n) is 6.62. The Morgan fingerprint density at radius 3 is 2.32 bits per heavy atom. The highest BCUT2D eigenvalue weighted by Gasteiger charge is 2.28. The van der Waals surface area contributed by atoms with Crippen LogP contribution in [0.4, 0.5) is 11.4 Å². The zero-order valence-corrected chi connectivity index (χ0v) is 15.9. The zero-order valence-electron chi connectivity index (χ0n) is 15.9. The first-order chi connectivity index (χ1) is 13.5. The number of benzene rings is 2. The molecule has 28 heavy (non-hydrogen) atoms. The van der Waals surface area contributed by atoms with Crippen LogP contribution in [0.2, 0.25) is 0 Å². The van der Waals surface area contributed by atoms with Crippen LogP contribution < -0.4 is 10.6 Å². The molecule has 144 valence electrons. The van der Waals surface area contributed by atoms with Gasteiger partial charge in [-0.1, -0.05) is 37.3 Å². The van der Waals surface area contributed by atoms with E-state index >= 15 is 0 Å². The summed E-state index contributed by atoms with van der Waals surface area (Å²) in [6.07, 6.45) is 4.12. The standard InChI is InChI=1S/C22H23N3O3/c1-3-21(27)23-17-8-6-9-18(13-17)24-22(28)14-20-19-10-5-4-7-16(19)11-12-25(20)15(2)26/h4-13,20H,3,14H2,1-2H3,(H,23,27)(H,24,28). The number of fused-ring (bicyclic) bond motifs is 1. The molecule has 0 aliphatic carbocycles. The highest BCUT2D eigenvalue weighted by Crippen LogP contribution is 2.33. The van der Waals surface area contributed by atoms with Crippen molar-refractivity contribution >= 4 is 35.2 Å². The van der Waals surface area contributed by atoms with Gasteiger partial charge in [0.2, 0.25) is 17.7 Å². The molecule has 6 heteroatoms. The molecule has 6 nitrogen and oxygen atoms in total. The summed E-state index contributed by atoms with van der Waals surface area (Å²) in [5.41, 5.74) is 3.16. The molecule has 0 bridgehead atoms. The fraction of sp³-hybridized carbons (Fsp3) is 0.227. The van der Waals surface area contributed by atoms with E-state index in [1.165, 1.54) is 6.92 Å². The van der Waals surface area contributed by atoms with Gasteiger partial charge in [0, 0.05) is 30.9 Å². The molecule has 2 aromatic rings. The number of nitrogens with one attached hydrogen (secondary N) is 2. The molecule has 0 aromatic heterocycles. The van der Waals surface area contributed by atoms with Crippen LogP contribution in [0.15, 0.2) is 54.7 Å². The number of hydrogen-bond donors (Lipinski definition) is 2. The molecule has 2 N–H and O–H groups in total. The molecule has 2 aromatic carbocycles. The summed E-state index contributed by atoms with van der Waals surface area (Å²) in [4.78, 5) is 37.9. The fourth-order valence-corrected chi connectivity index (χ4v) is 3.22. The SMILES string of the molecule is CCC(=O)Nc1cccc(NC(=O)CC2c3ccccc3C=CN2C(C)=O)c1. The van der Waals surface area contributed by atoms with E-state index in [1.807, 2.05) is 30.3 Å². The number of carbonyl (C=O) groups is 3. The smallest absolute Gasteiger partial charge is 0.226 e. The van der Waals surface area contributed by atoms with Gasteiger partial charge in [-0.15, -0.1) is 0 Å². The van der Waals surface area contributed by atoms with Gasteiger partial charge < -0.3 is 15.5 Å². The Morgan fingerprint density at radius 2 is 1.64 bits per heavy atom. The minimum Gasteiger partial charge on any atom is -0.326 e. The van der Waals surface area contributed by atoms with Crippen LogP contribution in [0.3, 0.4) is 0 Å². The van der Waals surface area contributed by atoms with Crippen molar-refractivity contribution < 1.29 is 14.4 Å². The molecule has 0 saturated heterocycles. The second kappa shape index (κ2) is 8.52. The first-order valence-corrected chi connectivity index (χ1v) is 9.23. The molecule has 1 aliphatic rings. The van der Waals surface area contributed by atoms with Gasteiger partial charge in [0.15, 0.2) is 0 Å². The molecule has 1 aliphatic heterocycles. The molecule has 3 amide bonds. The molecule has 0 saturated carbocycles. The van der Waals surface area contributed by atoms with Crippen molar-refractivity contribution in [3.8, 4) is 0 Å². The van der Waals surface area contributed by atoms with E-state index in [0.29, 0.717) is 17.8 Å². The first-order valence-electron chi connectivity index (χ1n) is 9.23. The number of nitrogens with zero attached hydrogens (tertiary/aromatic N) is 1. The maximum Gasteiger partial charge on any atom is 0.226 e. The predicted octanol–water partition coefficient (Wildman–Crippen LogP) is 3.94. The van der Waals surface area contributed by atoms with Crippen molar-refractivity contribution in [3.05, 3.63) is 65.9 Å². The number of carbonyl (C=O) groups excluding carboxylic acids is 3. The van der Waals surface area contributed by atoms with E-state index in [-0.39, 0.29) is 30.2 Å². The molecule has 0 spiro atoms. The topological polar surface area (TPSA) is 78.5 Å². The molecular formula is C22H23N3O3. The Kier molecular flexibility index (Phi) is 5.89. The Labute approximate surface area is 164 Å². The molecule has 3 rings (SSSR count). The van der Waals surface area contributed by atoms with E-state index in [9.17, 15) is 14.4 Å². The van der Waals surface area contributed by atoms with Gasteiger partial charge in [-0.3, -0.25) is 14.4 Å². The monoisotopic (exact) mass is 377 g/mol. The normalized spacial score (nSPS) is 14.9. The molecule has 1 unspecified atom stereocenters. The van der Waals surface area contributed by atoms with Crippen molar-refractivity contribution in [3.63, 3.8) is 0 Å². The Bertz CT molecular complexity index is 936. The van der Waals surface area contributed by atoms with Gasteiger partial charge in [0.05, 0.1) is 12.5 Å². The average Bonchev–Trinajstić information content (AvgIpc) is 2.68. The highest BCUT2D eigenvalue weighted by atomic mass is 16.2. The third-order valence-corrected chi connectivity index (χ3v) is 4.60. The fourth-order valence-electron chi connectivity index (χ4n) is 3.22. The first kappa shape index (κ1) is 19.4. The lowest BCUT2D eigenvalue weighted by Gasteiger charge is -2.32. The molecular weight excluding hydrogens is 354 g/mol. The largest absolute Gasteiger partial charge is 0.326 e. The third-order valence-electron chi connectivity index (χ3n) is 4.60. The summed E-state index contributed by atoms with van der Waals surface area (Å²) in [6.45, 7) is 3.27. The summed E-state index contributed by atoms with van der Waals surface area (Å²) in [6, 6.07) is 14.4. The van der Waals surface area contributed by atoms with Gasteiger partial charge in [0.25, 0.3) is 0 Å². The summed E-state index contributed by atoms with van der Waals surface area (Å²) in [7, 11) is 0. The minimum atomic E-state index is -0.360. The predicted molar refractivity (Wildman–Crippen MR) is 109 cm³/mol. The number of anilines is 2. The van der Waals surface area contributed by atoms with Crippen LogP contribution in [-0.4, -0.2) is 22.6 Å². The van der Waals surface area contributed by atoms with Gasteiger partial charge in [0.1, 0.15) is 0 Å². The van der Waals surface area contributed by atoms with Crippen LogP contribution in [0.25, 0.3) is 6.08 Å². The van der Waals surface area contributed by atoms with Crippen LogP contribution in [0.5, 0.6) is 0 Å². The van der Waals surface area contributed by atoms with Gasteiger partial charge in [-0.25, -0.2) is 0 Å². The summed E-state index contributed by atoms with van der Waals surface area (Å²) < 4.78 is 0. The average molecular weight is 377 g/mol. The van der Waals surface area contributed by atoms with Crippen LogP contribution >= 0.6 is 0 Å². The van der Waals surface area contributed by atoms with Crippen molar-refractivity contribution in [2.75, 3.05) is 10.6 Å². The third kappa shape index (κ3) is 4.46. The zero-order chi connectivity index (χ0) is 20.1. The molecule has 0 radical (unpaired) electrons. The summed E-state index contributed by atoms with van der Waals surface area (Å²) in [5, 5.41) is 5.63. The Hall–Kier alpha value is -3.41. The lowest BCUT2D eigenvalue weighted by Crippen LogP contribution is -2.33. The van der Waals surface area contributed by atoms with E-state index in [1.54, 1.807) is 42.3 Å². The lowest BCUT2D eigenvalue weighted by atomic mass is 9.93. The second-order valence-corrected chi connectivity index (χ2v) is 6.62. The molecule has 1 heterocycles. The molecule has 1 atom stereocenters. The van der Waals surface area contributed by atoms with Gasteiger partial charge >= 0.3 is 0 Å². The maximum absolute atomic E-state index is 12.7. The van der Waals surface area contributed by atoms with Crippen LogP contribution in [-0.2, 0) is 14.4 Å². The van der Waals surface area contributed by atoms with Gasteiger partial charge in [-0.05, 0) is 35.4 Å². The Morgan fingerprint density at radius 1 is 0.964 bits per heavy atom. The number of rotatable bonds is 5. The van der Waals surface area contributed by atoms with Crippen LogP contribution in [0.1, 0.15) is 43.9 Å². The van der Waals surface area contributed by atoms with Crippen molar-refractivity contribution in [2.24, 2.45) is 0 Å². The Balaban J connectivity index is 1.75. The minimum absolute atomic E-state index is 0.0915. The maximum atomic E-state index is 12.7. The van der Waals surface area contributed by atoms with E-state index < -0.39 is 0 Å². The summed E-state index contributed by atoms with van der Waals surface area (Å²) in [5.74, 6) is -0.417. The molecule has 0 fully saturated rings. The van der Waals surface area contributed by atoms with Crippen molar-refractivity contribution in [1.82, 2.24) is 4.90 Å². The van der Waals surface area contributed by atoms with E-state index in [0.717, 1.165) is 11.1 Å². The summed E-state index contributed by atoms with van der Waals surface area (Å²) >= 11 is 0. The quantitative estimate of drug-likeness (QED) is 0.828. The van der Waals surface area contributed by atoms with Crippen molar-refractivity contribution in [2.45, 2.75) is 32.7 Å². The lowest BCUT2D eigenvalue weighted by molar-refractivity contribution is -0.129. The van der Waals surface area contributed by atoms with Crippen LogP contribution in [0, 0.1) is 0 Å². The highest BCUT2D eigenvalue weighted by molar-refractivity contribution is 5.94. The van der Waals surface area contributed by atoms with E-state index in [2.05, 4.69) is 10.6 Å². The number of hydrogen-bond acceptors (Lipinski definition) is 3. The number of amides is 3. The van der Waals surface area contributed by atoms with E-state index in [4.69, 9.17) is 0 Å². The van der Waals surface area contributed by atoms with Crippen molar-refractivity contribution in [1.29, 1.82) is 0 Å².